The fourth-order valence-corrected chi connectivity index (χ4v) is 1.92. The first kappa shape index (κ1) is 11.6. The van der Waals surface area contributed by atoms with Crippen LogP contribution in [0.4, 0.5) is 0 Å². The van der Waals surface area contributed by atoms with Crippen LogP contribution in [0, 0.1) is 6.92 Å². The number of phenolic OH excluding ortho intramolecular Hbond substituents is 1. The molecule has 0 fully saturated rings. The van der Waals surface area contributed by atoms with E-state index >= 15 is 0 Å². The topological polar surface area (TPSA) is 55.1 Å². The van der Waals surface area contributed by atoms with Gasteiger partial charge in [0.05, 0.1) is 5.39 Å². The molecular weight excluding hydrogens is 216 g/mol. The van der Waals surface area contributed by atoms with Gasteiger partial charge in [-0.05, 0) is 25.5 Å². The van der Waals surface area contributed by atoms with Crippen LogP contribution in [-0.4, -0.2) is 14.7 Å². The lowest BCUT2D eigenvalue weighted by Gasteiger charge is -2.10. The summed E-state index contributed by atoms with van der Waals surface area (Å²) in [6.07, 6.45) is 1.98. The van der Waals surface area contributed by atoms with Gasteiger partial charge in [0.2, 0.25) is 0 Å². The number of fused-ring (bicyclic) bond motifs is 1. The molecule has 90 valence electrons. The van der Waals surface area contributed by atoms with Crippen LogP contribution >= 0.6 is 0 Å². The summed E-state index contributed by atoms with van der Waals surface area (Å²) in [5, 5.41) is 10.2. The van der Waals surface area contributed by atoms with Gasteiger partial charge in [0.15, 0.2) is 0 Å². The Bertz CT molecular complexity index is 602. The van der Waals surface area contributed by atoms with Gasteiger partial charge in [-0.2, -0.15) is 0 Å². The number of rotatable bonds is 3. The van der Waals surface area contributed by atoms with E-state index in [4.69, 9.17) is 0 Å². The van der Waals surface area contributed by atoms with E-state index in [1.165, 1.54) is 0 Å². The van der Waals surface area contributed by atoms with Crippen LogP contribution in [0.25, 0.3) is 10.9 Å². The van der Waals surface area contributed by atoms with Crippen LogP contribution in [-0.2, 0) is 6.54 Å². The first-order valence-electron chi connectivity index (χ1n) is 5.84. The van der Waals surface area contributed by atoms with Crippen LogP contribution in [0.3, 0.4) is 0 Å². The minimum absolute atomic E-state index is 0.0605. The lowest BCUT2D eigenvalue weighted by molar-refractivity contribution is 0.479. The Kier molecular flexibility index (Phi) is 3.13. The monoisotopic (exact) mass is 232 g/mol. The second kappa shape index (κ2) is 4.57. The van der Waals surface area contributed by atoms with Gasteiger partial charge in [-0.25, -0.2) is 4.98 Å². The Morgan fingerprint density at radius 2 is 2.18 bits per heavy atom. The second-order valence-corrected chi connectivity index (χ2v) is 4.14. The number of hydrogen-bond donors (Lipinski definition) is 1. The molecule has 1 heterocycles. The molecular formula is C13H16N2O2. The van der Waals surface area contributed by atoms with E-state index in [9.17, 15) is 9.90 Å². The Morgan fingerprint density at radius 1 is 1.41 bits per heavy atom. The molecule has 2 aromatic rings. The number of aromatic hydroxyl groups is 1. The van der Waals surface area contributed by atoms with Crippen LogP contribution in [0.1, 0.15) is 25.6 Å². The van der Waals surface area contributed by atoms with Gasteiger partial charge in [-0.15, -0.1) is 0 Å². The number of phenols is 1. The van der Waals surface area contributed by atoms with Crippen molar-refractivity contribution in [1.29, 1.82) is 0 Å². The van der Waals surface area contributed by atoms with Crippen LogP contribution in [0.2, 0.25) is 0 Å². The molecule has 0 amide bonds. The van der Waals surface area contributed by atoms with Crippen molar-refractivity contribution in [1.82, 2.24) is 9.55 Å². The molecule has 0 saturated carbocycles. The summed E-state index contributed by atoms with van der Waals surface area (Å²) in [6, 6.07) is 4.91. The molecule has 1 aromatic carbocycles. The molecule has 0 saturated heterocycles. The van der Waals surface area contributed by atoms with Crippen molar-refractivity contribution in [3.63, 3.8) is 0 Å². The molecule has 0 spiro atoms. The van der Waals surface area contributed by atoms with Gasteiger partial charge in [-0.1, -0.05) is 19.4 Å². The highest BCUT2D eigenvalue weighted by Gasteiger charge is 2.09. The summed E-state index contributed by atoms with van der Waals surface area (Å²) < 4.78 is 1.67. The highest BCUT2D eigenvalue weighted by molar-refractivity contribution is 5.83. The number of nitrogens with zero attached hydrogens (tertiary/aromatic N) is 2. The first-order valence-corrected chi connectivity index (χ1v) is 5.84. The van der Waals surface area contributed by atoms with Crippen molar-refractivity contribution in [3.8, 4) is 5.75 Å². The third-order valence-electron chi connectivity index (χ3n) is 2.89. The third kappa shape index (κ3) is 2.02. The summed E-state index contributed by atoms with van der Waals surface area (Å²) >= 11 is 0. The van der Waals surface area contributed by atoms with Gasteiger partial charge in [-0.3, -0.25) is 9.36 Å². The van der Waals surface area contributed by atoms with Crippen LogP contribution in [0.5, 0.6) is 5.75 Å². The van der Waals surface area contributed by atoms with Gasteiger partial charge in [0, 0.05) is 6.54 Å². The van der Waals surface area contributed by atoms with Crippen LogP contribution in [0.15, 0.2) is 23.0 Å². The maximum Gasteiger partial charge on any atom is 0.261 e. The molecule has 4 heteroatoms. The summed E-state index contributed by atoms with van der Waals surface area (Å²) in [6.45, 7) is 4.56. The largest absolute Gasteiger partial charge is 0.506 e. The van der Waals surface area contributed by atoms with Gasteiger partial charge in [0.25, 0.3) is 5.56 Å². The van der Waals surface area contributed by atoms with E-state index in [0.29, 0.717) is 23.3 Å². The Balaban J connectivity index is 2.68. The van der Waals surface area contributed by atoms with Crippen molar-refractivity contribution in [3.05, 3.63) is 34.4 Å². The molecule has 4 nitrogen and oxygen atoms in total. The number of aryl methyl sites for hydroxylation is 1. The quantitative estimate of drug-likeness (QED) is 0.882. The zero-order valence-electron chi connectivity index (χ0n) is 10.1. The Labute approximate surface area is 99.5 Å². The highest BCUT2D eigenvalue weighted by Crippen LogP contribution is 2.19. The summed E-state index contributed by atoms with van der Waals surface area (Å²) in [4.78, 5) is 16.5. The maximum absolute atomic E-state index is 12.2. The van der Waals surface area contributed by atoms with Crippen molar-refractivity contribution in [2.75, 3.05) is 0 Å². The normalized spacial score (nSPS) is 10.9. The number of unbranched alkanes of at least 4 members (excludes halogenated alkanes) is 1. The Morgan fingerprint density at radius 3 is 2.88 bits per heavy atom. The second-order valence-electron chi connectivity index (χ2n) is 4.14. The first-order chi connectivity index (χ1) is 8.15. The molecule has 1 aromatic heterocycles. The molecule has 2 rings (SSSR count). The van der Waals surface area contributed by atoms with E-state index in [2.05, 4.69) is 11.9 Å². The summed E-state index contributed by atoms with van der Waals surface area (Å²) in [5.74, 6) is 0.711. The van der Waals surface area contributed by atoms with Crippen molar-refractivity contribution in [2.45, 2.75) is 33.2 Å². The van der Waals surface area contributed by atoms with Crippen LogP contribution < -0.4 is 5.56 Å². The number of hydrogen-bond acceptors (Lipinski definition) is 3. The minimum Gasteiger partial charge on any atom is -0.506 e. The molecule has 0 aliphatic heterocycles. The van der Waals surface area contributed by atoms with E-state index < -0.39 is 0 Å². The summed E-state index contributed by atoms with van der Waals surface area (Å²) in [7, 11) is 0. The van der Waals surface area contributed by atoms with Crippen molar-refractivity contribution in [2.24, 2.45) is 0 Å². The molecule has 0 radical (unpaired) electrons. The van der Waals surface area contributed by atoms with Crippen molar-refractivity contribution < 1.29 is 5.11 Å². The molecule has 17 heavy (non-hydrogen) atoms. The van der Waals surface area contributed by atoms with E-state index in [1.54, 1.807) is 29.7 Å². The molecule has 1 N–H and O–H groups in total. The number of benzene rings is 1. The number of para-hydroxylation sites is 1. The number of aromatic nitrogens is 2. The zero-order valence-corrected chi connectivity index (χ0v) is 10.1. The fourth-order valence-electron chi connectivity index (χ4n) is 1.92. The molecule has 0 bridgehead atoms. The SMILES string of the molecule is CCCCn1c(C)nc2c(O)cccc2c1=O. The molecule has 0 unspecified atom stereocenters. The predicted octanol–water partition coefficient (Wildman–Crippen LogP) is 2.21. The smallest absolute Gasteiger partial charge is 0.261 e. The lowest BCUT2D eigenvalue weighted by atomic mass is 10.2. The fraction of sp³-hybridized carbons (Fsp3) is 0.385. The van der Waals surface area contributed by atoms with E-state index in [1.807, 2.05) is 0 Å². The highest BCUT2D eigenvalue weighted by atomic mass is 16.3. The minimum atomic E-state index is -0.0724. The van der Waals surface area contributed by atoms with Crippen molar-refractivity contribution >= 4 is 10.9 Å². The molecule has 0 aliphatic carbocycles. The molecule has 0 atom stereocenters. The van der Waals surface area contributed by atoms with E-state index in [-0.39, 0.29) is 11.3 Å². The lowest BCUT2D eigenvalue weighted by Crippen LogP contribution is -2.23. The standard InChI is InChI=1S/C13H16N2O2/c1-3-4-8-15-9(2)14-12-10(13(15)17)6-5-7-11(12)16/h5-7,16H,3-4,8H2,1-2H3. The average molecular weight is 232 g/mol. The Hall–Kier alpha value is -1.84. The van der Waals surface area contributed by atoms with Gasteiger partial charge in [0.1, 0.15) is 17.1 Å². The van der Waals surface area contributed by atoms with Gasteiger partial charge >= 0.3 is 0 Å². The predicted molar refractivity (Wildman–Crippen MR) is 67.3 cm³/mol. The zero-order chi connectivity index (χ0) is 12.4. The average Bonchev–Trinajstić information content (AvgIpc) is 2.31. The molecule has 0 aliphatic rings. The summed E-state index contributed by atoms with van der Waals surface area (Å²) in [5.41, 5.74) is 0.319. The third-order valence-corrected chi connectivity index (χ3v) is 2.89. The van der Waals surface area contributed by atoms with E-state index in [0.717, 1.165) is 12.8 Å². The maximum atomic E-state index is 12.2. The van der Waals surface area contributed by atoms with Gasteiger partial charge < -0.3 is 5.11 Å².